The Bertz CT molecular complexity index is 399. The molecule has 0 saturated heterocycles. The summed E-state index contributed by atoms with van der Waals surface area (Å²) in [5.74, 6) is 1.27. The zero-order chi connectivity index (χ0) is 13.5. The summed E-state index contributed by atoms with van der Waals surface area (Å²) in [6, 6.07) is 5.30. The maximum Gasteiger partial charge on any atom is 0.162 e. The molecule has 0 heterocycles. The van der Waals surface area contributed by atoms with Crippen molar-refractivity contribution in [3.05, 3.63) is 23.8 Å². The highest BCUT2D eigenvalue weighted by Gasteiger charge is 2.09. The van der Waals surface area contributed by atoms with Gasteiger partial charge in [-0.05, 0) is 30.5 Å². The number of carbonyl (C=O) groups is 1. The van der Waals surface area contributed by atoms with E-state index in [1.165, 1.54) is 0 Å². The molecule has 0 spiro atoms. The average Bonchev–Trinajstić information content (AvgIpc) is 2.34. The highest BCUT2D eigenvalue weighted by molar-refractivity contribution is 5.97. The van der Waals surface area contributed by atoms with Crippen LogP contribution in [-0.2, 0) is 0 Å². The van der Waals surface area contributed by atoms with Gasteiger partial charge in [0, 0.05) is 12.0 Å². The largest absolute Gasteiger partial charge is 0.491 e. The summed E-state index contributed by atoms with van der Waals surface area (Å²) in [6.45, 7) is 6.87. The van der Waals surface area contributed by atoms with Crippen LogP contribution in [0.1, 0.15) is 50.4 Å². The summed E-state index contributed by atoms with van der Waals surface area (Å²) >= 11 is 0. The first kappa shape index (κ1) is 14.6. The van der Waals surface area contributed by atoms with Gasteiger partial charge in [0.1, 0.15) is 5.75 Å². The molecular formula is C15H23NO2. The first-order chi connectivity index (χ1) is 8.54. The normalized spacial score (nSPS) is 10.7. The molecule has 0 unspecified atom stereocenters. The van der Waals surface area contributed by atoms with E-state index in [1.807, 2.05) is 0 Å². The van der Waals surface area contributed by atoms with Gasteiger partial charge in [0.25, 0.3) is 0 Å². The third-order valence-corrected chi connectivity index (χ3v) is 2.66. The molecule has 1 aromatic carbocycles. The van der Waals surface area contributed by atoms with E-state index in [9.17, 15) is 4.79 Å². The van der Waals surface area contributed by atoms with E-state index in [1.54, 1.807) is 18.2 Å². The number of nitrogens with two attached hydrogens (primary N) is 1. The van der Waals surface area contributed by atoms with Crippen molar-refractivity contribution >= 4 is 11.5 Å². The Morgan fingerprint density at radius 3 is 2.67 bits per heavy atom. The lowest BCUT2D eigenvalue weighted by molar-refractivity contribution is 0.0980. The number of unbranched alkanes of at least 4 members (excludes halogenated alkanes) is 1. The van der Waals surface area contributed by atoms with E-state index >= 15 is 0 Å². The third kappa shape index (κ3) is 4.40. The first-order valence-corrected chi connectivity index (χ1v) is 6.60. The van der Waals surface area contributed by atoms with Gasteiger partial charge in [0.15, 0.2) is 5.78 Å². The second-order valence-electron chi connectivity index (χ2n) is 4.98. The van der Waals surface area contributed by atoms with Crippen LogP contribution in [-0.4, -0.2) is 12.4 Å². The Balaban J connectivity index is 2.69. The Morgan fingerprint density at radius 2 is 2.11 bits per heavy atom. The highest BCUT2D eigenvalue weighted by atomic mass is 16.5. The fourth-order valence-electron chi connectivity index (χ4n) is 1.59. The number of Topliss-reactive ketones (excluding diaryl/α,β-unsaturated/α-hetero) is 1. The van der Waals surface area contributed by atoms with E-state index in [-0.39, 0.29) is 5.78 Å². The molecule has 0 aliphatic rings. The molecule has 0 bridgehead atoms. The maximum absolute atomic E-state index is 11.8. The molecule has 2 N–H and O–H groups in total. The molecule has 18 heavy (non-hydrogen) atoms. The van der Waals surface area contributed by atoms with Crippen LogP contribution in [0.25, 0.3) is 0 Å². The zero-order valence-electron chi connectivity index (χ0n) is 11.5. The molecule has 0 aromatic heterocycles. The predicted molar refractivity (Wildman–Crippen MR) is 75.0 cm³/mol. The molecule has 1 aromatic rings. The number of carbonyl (C=O) groups excluding carboxylic acids is 1. The molecule has 0 aliphatic carbocycles. The van der Waals surface area contributed by atoms with E-state index in [2.05, 4.69) is 20.8 Å². The van der Waals surface area contributed by atoms with Crippen molar-refractivity contribution in [1.29, 1.82) is 0 Å². The van der Waals surface area contributed by atoms with Crippen LogP contribution in [0.5, 0.6) is 5.75 Å². The number of hydrogen-bond acceptors (Lipinski definition) is 3. The number of ether oxygens (including phenoxy) is 1. The minimum Gasteiger partial charge on any atom is -0.491 e. The third-order valence-electron chi connectivity index (χ3n) is 2.66. The van der Waals surface area contributed by atoms with E-state index in [0.717, 1.165) is 12.8 Å². The van der Waals surface area contributed by atoms with Crippen molar-refractivity contribution in [2.45, 2.75) is 40.0 Å². The Kier molecular flexibility index (Phi) is 5.69. The second-order valence-corrected chi connectivity index (χ2v) is 4.98. The first-order valence-electron chi connectivity index (χ1n) is 6.60. The number of benzene rings is 1. The molecule has 0 saturated carbocycles. The number of nitrogen functional groups attached to an aromatic ring is 1. The molecule has 3 nitrogen and oxygen atoms in total. The number of rotatable bonds is 7. The number of anilines is 1. The summed E-state index contributed by atoms with van der Waals surface area (Å²) in [7, 11) is 0. The SMILES string of the molecule is CCCCC(=O)c1ccc(OCC(C)C)c(N)c1. The summed E-state index contributed by atoms with van der Waals surface area (Å²) in [5, 5.41) is 0. The minimum atomic E-state index is 0.152. The highest BCUT2D eigenvalue weighted by Crippen LogP contribution is 2.24. The molecule has 1 rings (SSSR count). The number of ketones is 1. The smallest absolute Gasteiger partial charge is 0.162 e. The fraction of sp³-hybridized carbons (Fsp3) is 0.533. The average molecular weight is 249 g/mol. The van der Waals surface area contributed by atoms with Gasteiger partial charge in [-0.1, -0.05) is 27.2 Å². The van der Waals surface area contributed by atoms with Crippen LogP contribution in [0.15, 0.2) is 18.2 Å². The van der Waals surface area contributed by atoms with E-state index < -0.39 is 0 Å². The molecule has 3 heteroatoms. The van der Waals surface area contributed by atoms with Crippen LogP contribution in [0.2, 0.25) is 0 Å². The number of hydrogen-bond donors (Lipinski definition) is 1. The van der Waals surface area contributed by atoms with Gasteiger partial charge in [0.2, 0.25) is 0 Å². The summed E-state index contributed by atoms with van der Waals surface area (Å²) < 4.78 is 5.58. The molecular weight excluding hydrogens is 226 g/mol. The van der Waals surface area contributed by atoms with Gasteiger partial charge < -0.3 is 10.5 Å². The monoisotopic (exact) mass is 249 g/mol. The molecule has 0 radical (unpaired) electrons. The van der Waals surface area contributed by atoms with Gasteiger partial charge in [-0.2, -0.15) is 0 Å². The lowest BCUT2D eigenvalue weighted by Crippen LogP contribution is -2.07. The van der Waals surface area contributed by atoms with Crippen LogP contribution in [0, 0.1) is 5.92 Å². The molecule has 0 fully saturated rings. The van der Waals surface area contributed by atoms with Crippen molar-refractivity contribution in [3.63, 3.8) is 0 Å². The summed E-state index contributed by atoms with van der Waals surface area (Å²) in [4.78, 5) is 11.8. The van der Waals surface area contributed by atoms with E-state index in [0.29, 0.717) is 35.9 Å². The quantitative estimate of drug-likeness (QED) is 0.592. The fourth-order valence-corrected chi connectivity index (χ4v) is 1.59. The Labute approximate surface area is 109 Å². The molecule has 0 amide bonds. The maximum atomic E-state index is 11.8. The van der Waals surface area contributed by atoms with Crippen molar-refractivity contribution in [2.75, 3.05) is 12.3 Å². The lowest BCUT2D eigenvalue weighted by atomic mass is 10.0. The summed E-state index contributed by atoms with van der Waals surface area (Å²) in [6.07, 6.45) is 2.53. The summed E-state index contributed by atoms with van der Waals surface area (Å²) in [5.41, 5.74) is 7.12. The van der Waals surface area contributed by atoms with Gasteiger partial charge in [-0.15, -0.1) is 0 Å². The molecule has 0 aliphatic heterocycles. The lowest BCUT2D eigenvalue weighted by Gasteiger charge is -2.11. The Morgan fingerprint density at radius 1 is 1.39 bits per heavy atom. The predicted octanol–water partition coefficient (Wildman–Crippen LogP) is 3.68. The van der Waals surface area contributed by atoms with Crippen molar-refractivity contribution < 1.29 is 9.53 Å². The second kappa shape index (κ2) is 7.04. The van der Waals surface area contributed by atoms with E-state index in [4.69, 9.17) is 10.5 Å². The molecule has 100 valence electrons. The van der Waals surface area contributed by atoms with Crippen molar-refractivity contribution in [2.24, 2.45) is 5.92 Å². The minimum absolute atomic E-state index is 0.152. The van der Waals surface area contributed by atoms with Crippen LogP contribution < -0.4 is 10.5 Å². The van der Waals surface area contributed by atoms with Gasteiger partial charge >= 0.3 is 0 Å². The van der Waals surface area contributed by atoms with Gasteiger partial charge in [-0.3, -0.25) is 4.79 Å². The van der Waals surface area contributed by atoms with Crippen molar-refractivity contribution in [1.82, 2.24) is 0 Å². The van der Waals surface area contributed by atoms with Crippen molar-refractivity contribution in [3.8, 4) is 5.75 Å². The standard InChI is InChI=1S/C15H23NO2/c1-4-5-6-14(17)12-7-8-15(13(16)9-12)18-10-11(2)3/h7-9,11H,4-6,10,16H2,1-3H3. The van der Waals surface area contributed by atoms with Gasteiger partial charge in [-0.25, -0.2) is 0 Å². The van der Waals surface area contributed by atoms with Crippen LogP contribution in [0.3, 0.4) is 0 Å². The van der Waals surface area contributed by atoms with Crippen LogP contribution in [0.4, 0.5) is 5.69 Å². The van der Waals surface area contributed by atoms with Crippen LogP contribution >= 0.6 is 0 Å². The van der Waals surface area contributed by atoms with Gasteiger partial charge in [0.05, 0.1) is 12.3 Å². The topological polar surface area (TPSA) is 52.3 Å². The zero-order valence-corrected chi connectivity index (χ0v) is 11.5. The molecule has 0 atom stereocenters. The Hall–Kier alpha value is -1.51.